The second-order valence-electron chi connectivity index (χ2n) is 5.93. The molecule has 150 valence electrons. The number of phenolic OH excluding ortho intramolecular Hbond substituents is 1. The van der Waals surface area contributed by atoms with Crippen LogP contribution in [0.5, 0.6) is 23.0 Å². The molecule has 0 saturated carbocycles. The largest absolute Gasteiger partial charge is 0.502 e. The van der Waals surface area contributed by atoms with Crippen LogP contribution in [0.25, 0.3) is 0 Å². The van der Waals surface area contributed by atoms with Crippen molar-refractivity contribution in [1.29, 1.82) is 0 Å². The predicted molar refractivity (Wildman–Crippen MR) is 108 cm³/mol. The summed E-state index contributed by atoms with van der Waals surface area (Å²) in [7, 11) is 2.87. The van der Waals surface area contributed by atoms with Crippen LogP contribution in [0, 0.1) is 6.92 Å². The van der Waals surface area contributed by atoms with Crippen molar-refractivity contribution in [3.63, 3.8) is 0 Å². The van der Waals surface area contributed by atoms with Gasteiger partial charge in [-0.1, -0.05) is 11.6 Å². The number of methoxy groups -OCH3 is 2. The zero-order valence-corrected chi connectivity index (χ0v) is 16.7. The lowest BCUT2D eigenvalue weighted by molar-refractivity contribution is -0.121. The van der Waals surface area contributed by atoms with Crippen LogP contribution in [0.2, 0.25) is 5.02 Å². The highest BCUT2D eigenvalue weighted by Crippen LogP contribution is 2.36. The van der Waals surface area contributed by atoms with Gasteiger partial charge in [0.2, 0.25) is 11.7 Å². The van der Waals surface area contributed by atoms with Crippen LogP contribution in [0.4, 0.5) is 0 Å². The molecule has 2 rings (SSSR count). The van der Waals surface area contributed by atoms with E-state index in [0.717, 1.165) is 11.3 Å². The third-order valence-electron chi connectivity index (χ3n) is 3.85. The number of aromatic hydroxyl groups is 1. The first-order valence-corrected chi connectivity index (χ1v) is 8.98. The maximum absolute atomic E-state index is 11.9. The maximum Gasteiger partial charge on any atom is 0.240 e. The molecule has 0 atom stereocenters. The standard InChI is InChI=1S/C20H23ClN2O5/c1-13-9-15(21)6-7-16(13)28-8-4-5-19(24)23-22-12-14-10-17(26-2)20(25)18(11-14)27-3/h6-7,9-12,25H,4-5,8H2,1-3H3,(H,23,24)/b22-12+. The third-order valence-corrected chi connectivity index (χ3v) is 4.08. The molecule has 2 N–H and O–H groups in total. The van der Waals surface area contributed by atoms with Crippen molar-refractivity contribution in [1.82, 2.24) is 5.43 Å². The van der Waals surface area contributed by atoms with Crippen LogP contribution in [-0.4, -0.2) is 38.1 Å². The molecule has 2 aromatic rings. The molecular weight excluding hydrogens is 384 g/mol. The lowest BCUT2D eigenvalue weighted by Crippen LogP contribution is -2.18. The lowest BCUT2D eigenvalue weighted by atomic mass is 10.2. The summed E-state index contributed by atoms with van der Waals surface area (Å²) >= 11 is 5.91. The van der Waals surface area contributed by atoms with Crippen LogP contribution in [-0.2, 0) is 4.79 Å². The average molecular weight is 407 g/mol. The van der Waals surface area contributed by atoms with Gasteiger partial charge in [-0.3, -0.25) is 4.79 Å². The normalized spacial score (nSPS) is 10.7. The molecule has 7 nitrogen and oxygen atoms in total. The number of rotatable bonds is 9. The van der Waals surface area contributed by atoms with E-state index in [1.54, 1.807) is 18.2 Å². The van der Waals surface area contributed by atoms with Crippen LogP contribution >= 0.6 is 11.6 Å². The summed E-state index contributed by atoms with van der Waals surface area (Å²) in [6.45, 7) is 2.32. The van der Waals surface area contributed by atoms with E-state index in [9.17, 15) is 9.90 Å². The Kier molecular flexibility index (Phi) is 7.95. The first-order chi connectivity index (χ1) is 13.4. The molecule has 1 amide bonds. The molecule has 0 aliphatic rings. The molecule has 0 saturated heterocycles. The summed E-state index contributed by atoms with van der Waals surface area (Å²) in [5, 5.41) is 14.4. The number of phenols is 1. The number of carbonyl (C=O) groups excluding carboxylic acids is 1. The average Bonchev–Trinajstić information content (AvgIpc) is 2.67. The van der Waals surface area contributed by atoms with Crippen molar-refractivity contribution in [3.05, 3.63) is 46.5 Å². The van der Waals surface area contributed by atoms with Gasteiger partial charge >= 0.3 is 0 Å². The zero-order chi connectivity index (χ0) is 20.5. The molecule has 0 spiro atoms. The number of carbonyl (C=O) groups is 1. The van der Waals surface area contributed by atoms with Crippen LogP contribution in [0.15, 0.2) is 35.4 Å². The van der Waals surface area contributed by atoms with Crippen molar-refractivity contribution in [2.45, 2.75) is 19.8 Å². The van der Waals surface area contributed by atoms with Gasteiger partial charge in [0.1, 0.15) is 5.75 Å². The molecule has 28 heavy (non-hydrogen) atoms. The SMILES string of the molecule is COc1cc(/C=N/NC(=O)CCCOc2ccc(Cl)cc2C)cc(OC)c1O. The van der Waals surface area contributed by atoms with Gasteiger partial charge in [-0.25, -0.2) is 5.43 Å². The Balaban J connectivity index is 1.79. The number of amides is 1. The van der Waals surface area contributed by atoms with Gasteiger partial charge in [0, 0.05) is 17.0 Å². The fraction of sp³-hybridized carbons (Fsp3) is 0.300. The minimum absolute atomic E-state index is 0.0953. The smallest absolute Gasteiger partial charge is 0.240 e. The fourth-order valence-electron chi connectivity index (χ4n) is 2.41. The van der Waals surface area contributed by atoms with Crippen molar-refractivity contribution in [2.75, 3.05) is 20.8 Å². The minimum Gasteiger partial charge on any atom is -0.502 e. The Morgan fingerprint density at radius 1 is 1.18 bits per heavy atom. The van der Waals surface area contributed by atoms with Crippen LogP contribution in [0.3, 0.4) is 0 Å². The van der Waals surface area contributed by atoms with Gasteiger partial charge < -0.3 is 19.3 Å². The van der Waals surface area contributed by atoms with Gasteiger partial charge in [-0.2, -0.15) is 5.10 Å². The van der Waals surface area contributed by atoms with Crippen LogP contribution in [0.1, 0.15) is 24.0 Å². The van der Waals surface area contributed by atoms with Crippen LogP contribution < -0.4 is 19.6 Å². The number of benzene rings is 2. The highest BCUT2D eigenvalue weighted by molar-refractivity contribution is 6.30. The number of hydrazone groups is 1. The molecule has 0 aliphatic carbocycles. The first-order valence-electron chi connectivity index (χ1n) is 8.60. The summed E-state index contributed by atoms with van der Waals surface area (Å²) in [6, 6.07) is 8.55. The van der Waals surface area contributed by atoms with E-state index >= 15 is 0 Å². The highest BCUT2D eigenvalue weighted by Gasteiger charge is 2.10. The summed E-state index contributed by atoms with van der Waals surface area (Å²) in [4.78, 5) is 11.9. The van der Waals surface area contributed by atoms with Gasteiger partial charge in [-0.15, -0.1) is 0 Å². The molecule has 0 heterocycles. The lowest BCUT2D eigenvalue weighted by Gasteiger charge is -2.09. The van der Waals surface area contributed by atoms with Crippen molar-refractivity contribution in [3.8, 4) is 23.0 Å². The first kappa shape index (κ1) is 21.4. The minimum atomic E-state index is -0.231. The van der Waals surface area contributed by atoms with E-state index in [4.69, 9.17) is 25.8 Å². The Hall–Kier alpha value is -2.93. The molecule has 2 aromatic carbocycles. The second kappa shape index (κ2) is 10.4. The summed E-state index contributed by atoms with van der Waals surface area (Å²) in [6.07, 6.45) is 2.26. The predicted octanol–water partition coefficient (Wildman–Crippen LogP) is 3.68. The maximum atomic E-state index is 11.9. The van der Waals surface area contributed by atoms with E-state index < -0.39 is 0 Å². The molecular formula is C20H23ClN2O5. The Bertz CT molecular complexity index is 829. The monoisotopic (exact) mass is 406 g/mol. The Labute approximate surface area is 168 Å². The molecule has 0 fully saturated rings. The van der Waals surface area contributed by atoms with Crippen molar-refractivity contribution < 1.29 is 24.1 Å². The molecule has 8 heteroatoms. The Morgan fingerprint density at radius 2 is 1.86 bits per heavy atom. The van der Waals surface area contributed by atoms with E-state index in [2.05, 4.69) is 10.5 Å². The Morgan fingerprint density at radius 3 is 2.46 bits per heavy atom. The van der Waals surface area contributed by atoms with Crippen molar-refractivity contribution >= 4 is 23.7 Å². The number of aryl methyl sites for hydroxylation is 1. The quantitative estimate of drug-likeness (QED) is 0.376. The molecule has 0 radical (unpaired) electrons. The van der Waals surface area contributed by atoms with E-state index in [1.165, 1.54) is 20.4 Å². The summed E-state index contributed by atoms with van der Waals surface area (Å²) < 4.78 is 15.8. The van der Waals surface area contributed by atoms with Gasteiger partial charge in [0.05, 0.1) is 27.0 Å². The van der Waals surface area contributed by atoms with Gasteiger partial charge in [0.25, 0.3) is 0 Å². The number of ether oxygens (including phenoxy) is 3. The molecule has 0 bridgehead atoms. The highest BCUT2D eigenvalue weighted by atomic mass is 35.5. The topological polar surface area (TPSA) is 89.4 Å². The van der Waals surface area contributed by atoms with Crippen molar-refractivity contribution in [2.24, 2.45) is 5.10 Å². The summed E-state index contributed by atoms with van der Waals surface area (Å²) in [5.74, 6) is 0.925. The van der Waals surface area contributed by atoms with E-state index in [-0.39, 0.29) is 29.6 Å². The molecule has 0 unspecified atom stereocenters. The summed E-state index contributed by atoms with van der Waals surface area (Å²) in [5.41, 5.74) is 4.00. The van der Waals surface area contributed by atoms with E-state index in [1.807, 2.05) is 19.1 Å². The number of halogens is 1. The zero-order valence-electron chi connectivity index (χ0n) is 16.0. The van der Waals surface area contributed by atoms with E-state index in [0.29, 0.717) is 23.6 Å². The van der Waals surface area contributed by atoms with Gasteiger partial charge in [-0.05, 0) is 49.2 Å². The molecule has 0 aromatic heterocycles. The molecule has 0 aliphatic heterocycles. The second-order valence-corrected chi connectivity index (χ2v) is 6.37. The number of hydrogen-bond donors (Lipinski definition) is 2. The fourth-order valence-corrected chi connectivity index (χ4v) is 2.64. The van der Waals surface area contributed by atoms with Gasteiger partial charge in [0.15, 0.2) is 11.5 Å². The number of hydrogen-bond acceptors (Lipinski definition) is 6. The third kappa shape index (κ3) is 6.06. The number of nitrogens with zero attached hydrogens (tertiary/aromatic N) is 1. The number of nitrogens with one attached hydrogen (secondary N) is 1.